The topological polar surface area (TPSA) is 64.0 Å². The molecular formula is C24H20FN3O2S. The number of halogens is 1. The molecule has 0 spiro atoms. The Hall–Kier alpha value is -3.45. The van der Waals surface area contributed by atoms with E-state index in [-0.39, 0.29) is 29.6 Å². The Bertz CT molecular complexity index is 1300. The number of carbonyl (C=O) groups is 1. The summed E-state index contributed by atoms with van der Waals surface area (Å²) in [6.45, 7) is 2.16. The molecule has 3 aromatic carbocycles. The highest BCUT2D eigenvalue weighted by atomic mass is 32.2. The standard InChI is InChI=1S/C24H20FN3O2S/c1-16-6-2-4-8-20(16)26-22(29)15-31-24-27-21-9-5-3-7-19(21)23(30)28(24)14-17-10-12-18(25)13-11-17/h2-13H,14-15H2,1H3,(H,26,29). The van der Waals surface area contributed by atoms with Gasteiger partial charge in [0, 0.05) is 5.69 Å². The van der Waals surface area contributed by atoms with Crippen molar-refractivity contribution in [1.29, 1.82) is 0 Å². The molecule has 0 saturated heterocycles. The lowest BCUT2D eigenvalue weighted by atomic mass is 10.2. The molecule has 0 radical (unpaired) electrons. The number of aryl methyl sites for hydroxylation is 1. The number of fused-ring (bicyclic) bond motifs is 1. The molecule has 0 aliphatic carbocycles. The maximum atomic E-state index is 13.3. The normalized spacial score (nSPS) is 10.9. The van der Waals surface area contributed by atoms with Crippen LogP contribution in [0.1, 0.15) is 11.1 Å². The molecule has 7 heteroatoms. The van der Waals surface area contributed by atoms with Crippen molar-refractivity contribution in [3.63, 3.8) is 0 Å². The molecule has 1 heterocycles. The van der Waals surface area contributed by atoms with Crippen LogP contribution in [0.2, 0.25) is 0 Å². The quantitative estimate of drug-likeness (QED) is 0.356. The van der Waals surface area contributed by atoms with E-state index in [0.29, 0.717) is 16.1 Å². The van der Waals surface area contributed by atoms with Gasteiger partial charge in [-0.15, -0.1) is 0 Å². The first-order valence-corrected chi connectivity index (χ1v) is 10.7. The molecular weight excluding hydrogens is 413 g/mol. The van der Waals surface area contributed by atoms with E-state index in [0.717, 1.165) is 16.8 Å². The van der Waals surface area contributed by atoms with Crippen LogP contribution in [-0.2, 0) is 11.3 Å². The lowest BCUT2D eigenvalue weighted by Crippen LogP contribution is -2.25. The fourth-order valence-corrected chi connectivity index (χ4v) is 4.00. The second-order valence-corrected chi connectivity index (χ2v) is 8.02. The second kappa shape index (κ2) is 9.14. The molecule has 5 nitrogen and oxygen atoms in total. The average Bonchev–Trinajstić information content (AvgIpc) is 2.77. The number of hydrogen-bond donors (Lipinski definition) is 1. The van der Waals surface area contributed by atoms with E-state index in [9.17, 15) is 14.0 Å². The molecule has 0 fully saturated rings. The maximum Gasteiger partial charge on any atom is 0.262 e. The summed E-state index contributed by atoms with van der Waals surface area (Å²) in [7, 11) is 0. The average molecular weight is 434 g/mol. The van der Waals surface area contributed by atoms with Gasteiger partial charge in [0.2, 0.25) is 5.91 Å². The van der Waals surface area contributed by atoms with Gasteiger partial charge in [-0.3, -0.25) is 14.2 Å². The number of carbonyl (C=O) groups excluding carboxylic acids is 1. The monoisotopic (exact) mass is 433 g/mol. The number of aromatic nitrogens is 2. The molecule has 0 atom stereocenters. The second-order valence-electron chi connectivity index (χ2n) is 7.08. The predicted octanol–water partition coefficient (Wildman–Crippen LogP) is 4.62. The Kier molecular flexibility index (Phi) is 6.13. The number of benzene rings is 3. The first-order chi connectivity index (χ1) is 15.0. The summed E-state index contributed by atoms with van der Waals surface area (Å²) < 4.78 is 14.8. The van der Waals surface area contributed by atoms with Gasteiger partial charge in [0.05, 0.1) is 23.2 Å². The molecule has 1 aromatic heterocycles. The Morgan fingerprint density at radius 2 is 1.74 bits per heavy atom. The van der Waals surface area contributed by atoms with Crippen molar-refractivity contribution in [2.75, 3.05) is 11.1 Å². The molecule has 1 N–H and O–H groups in total. The van der Waals surface area contributed by atoms with Crippen molar-refractivity contribution in [3.05, 3.63) is 100 Å². The van der Waals surface area contributed by atoms with Crippen LogP contribution in [0.25, 0.3) is 10.9 Å². The van der Waals surface area contributed by atoms with Crippen molar-refractivity contribution in [2.24, 2.45) is 0 Å². The molecule has 0 aliphatic heterocycles. The number of amides is 1. The van der Waals surface area contributed by atoms with Crippen LogP contribution in [0.15, 0.2) is 82.7 Å². The van der Waals surface area contributed by atoms with Crippen LogP contribution in [0.3, 0.4) is 0 Å². The lowest BCUT2D eigenvalue weighted by molar-refractivity contribution is -0.113. The number of nitrogens with one attached hydrogen (secondary N) is 1. The van der Waals surface area contributed by atoms with Crippen LogP contribution in [0, 0.1) is 12.7 Å². The molecule has 0 bridgehead atoms. The highest BCUT2D eigenvalue weighted by Crippen LogP contribution is 2.20. The van der Waals surface area contributed by atoms with Crippen LogP contribution >= 0.6 is 11.8 Å². The molecule has 1 amide bonds. The van der Waals surface area contributed by atoms with E-state index in [1.54, 1.807) is 30.3 Å². The van der Waals surface area contributed by atoms with Crippen molar-refractivity contribution >= 4 is 34.3 Å². The Balaban J connectivity index is 1.62. The first kappa shape index (κ1) is 20.8. The van der Waals surface area contributed by atoms with Gasteiger partial charge in [-0.05, 0) is 48.4 Å². The Labute approximate surface area is 182 Å². The zero-order chi connectivity index (χ0) is 21.8. The van der Waals surface area contributed by atoms with Crippen LogP contribution in [0.5, 0.6) is 0 Å². The summed E-state index contributed by atoms with van der Waals surface area (Å²) in [5.41, 5.74) is 2.87. The summed E-state index contributed by atoms with van der Waals surface area (Å²) in [6.07, 6.45) is 0. The number of para-hydroxylation sites is 2. The number of nitrogens with zero attached hydrogens (tertiary/aromatic N) is 2. The van der Waals surface area contributed by atoms with Gasteiger partial charge < -0.3 is 5.32 Å². The van der Waals surface area contributed by atoms with Gasteiger partial charge in [-0.1, -0.05) is 54.2 Å². The molecule has 4 aromatic rings. The van der Waals surface area contributed by atoms with Gasteiger partial charge in [0.25, 0.3) is 5.56 Å². The van der Waals surface area contributed by atoms with Gasteiger partial charge >= 0.3 is 0 Å². The smallest absolute Gasteiger partial charge is 0.262 e. The third kappa shape index (κ3) is 4.83. The first-order valence-electron chi connectivity index (χ1n) is 9.73. The van der Waals surface area contributed by atoms with E-state index in [2.05, 4.69) is 10.3 Å². The van der Waals surface area contributed by atoms with Gasteiger partial charge in [0.1, 0.15) is 5.82 Å². The molecule has 31 heavy (non-hydrogen) atoms. The summed E-state index contributed by atoms with van der Waals surface area (Å²) >= 11 is 1.20. The highest BCUT2D eigenvalue weighted by Gasteiger charge is 2.14. The van der Waals surface area contributed by atoms with Crippen LogP contribution < -0.4 is 10.9 Å². The Morgan fingerprint density at radius 3 is 2.52 bits per heavy atom. The van der Waals surface area contributed by atoms with E-state index < -0.39 is 0 Å². The van der Waals surface area contributed by atoms with E-state index in [1.807, 2.05) is 37.3 Å². The third-order valence-electron chi connectivity index (χ3n) is 4.83. The molecule has 0 saturated carbocycles. The zero-order valence-corrected chi connectivity index (χ0v) is 17.7. The van der Waals surface area contributed by atoms with Crippen molar-refractivity contribution in [2.45, 2.75) is 18.6 Å². The molecule has 0 aliphatic rings. The SMILES string of the molecule is Cc1ccccc1NC(=O)CSc1nc2ccccc2c(=O)n1Cc1ccc(F)cc1. The van der Waals surface area contributed by atoms with Crippen molar-refractivity contribution in [3.8, 4) is 0 Å². The number of hydrogen-bond acceptors (Lipinski definition) is 4. The Morgan fingerprint density at radius 1 is 1.03 bits per heavy atom. The fraction of sp³-hybridized carbons (Fsp3) is 0.125. The number of rotatable bonds is 6. The minimum absolute atomic E-state index is 0.0997. The van der Waals surface area contributed by atoms with Crippen molar-refractivity contribution < 1.29 is 9.18 Å². The van der Waals surface area contributed by atoms with Crippen LogP contribution in [-0.4, -0.2) is 21.2 Å². The highest BCUT2D eigenvalue weighted by molar-refractivity contribution is 7.99. The summed E-state index contributed by atoms with van der Waals surface area (Å²) in [4.78, 5) is 30.3. The van der Waals surface area contributed by atoms with E-state index in [4.69, 9.17) is 0 Å². The van der Waals surface area contributed by atoms with Gasteiger partial charge in [0.15, 0.2) is 5.16 Å². The molecule has 4 rings (SSSR count). The van der Waals surface area contributed by atoms with E-state index >= 15 is 0 Å². The van der Waals surface area contributed by atoms with Gasteiger partial charge in [-0.25, -0.2) is 9.37 Å². The largest absolute Gasteiger partial charge is 0.325 e. The summed E-state index contributed by atoms with van der Waals surface area (Å²) in [5.74, 6) is -0.423. The third-order valence-corrected chi connectivity index (χ3v) is 5.81. The molecule has 0 unspecified atom stereocenters. The summed E-state index contributed by atoms with van der Waals surface area (Å²) in [6, 6.07) is 20.6. The lowest BCUT2D eigenvalue weighted by Gasteiger charge is -2.13. The zero-order valence-electron chi connectivity index (χ0n) is 16.8. The number of thioether (sulfide) groups is 1. The number of anilines is 1. The molecule has 156 valence electrons. The van der Waals surface area contributed by atoms with E-state index in [1.165, 1.54) is 28.5 Å². The minimum atomic E-state index is -0.338. The fourth-order valence-electron chi connectivity index (χ4n) is 3.20. The maximum absolute atomic E-state index is 13.3. The van der Waals surface area contributed by atoms with Gasteiger partial charge in [-0.2, -0.15) is 0 Å². The minimum Gasteiger partial charge on any atom is -0.325 e. The summed E-state index contributed by atoms with van der Waals surface area (Å²) in [5, 5.41) is 3.83. The van der Waals surface area contributed by atoms with Crippen LogP contribution in [0.4, 0.5) is 10.1 Å². The van der Waals surface area contributed by atoms with Crippen molar-refractivity contribution in [1.82, 2.24) is 9.55 Å². The predicted molar refractivity (Wildman–Crippen MR) is 122 cm³/mol.